The van der Waals surface area contributed by atoms with Crippen LogP contribution in [0.1, 0.15) is 53.4 Å². The fraction of sp³-hybridized carbons (Fsp3) is 0.667. The molecule has 0 spiro atoms. The van der Waals surface area contributed by atoms with Gasteiger partial charge < -0.3 is 9.47 Å². The normalized spacial score (nSPS) is 24.3. The number of nitrogens with zero attached hydrogens (tertiary/aromatic N) is 1. The number of esters is 1. The predicted octanol–water partition coefficient (Wildman–Crippen LogP) is 4.05. The smallest absolute Gasteiger partial charge is 0.413 e. The number of hydrogen-bond donors (Lipinski definition) is 0. The summed E-state index contributed by atoms with van der Waals surface area (Å²) < 4.78 is 10.9. The van der Waals surface area contributed by atoms with Crippen LogP contribution in [0.5, 0.6) is 0 Å². The zero-order chi connectivity index (χ0) is 17.7. The minimum atomic E-state index is -1.03. The van der Waals surface area contributed by atoms with Crippen LogP contribution in [0.15, 0.2) is 25.3 Å². The summed E-state index contributed by atoms with van der Waals surface area (Å²) in [6.07, 6.45) is 4.57. The van der Waals surface area contributed by atoms with Crippen molar-refractivity contribution in [2.24, 2.45) is 5.41 Å². The molecule has 1 aliphatic heterocycles. The number of unbranched alkanes of at least 4 members (excludes halogenated alkanes) is 1. The van der Waals surface area contributed by atoms with Gasteiger partial charge in [-0.1, -0.05) is 59.3 Å². The second kappa shape index (κ2) is 7.66. The molecule has 5 heteroatoms. The Hall–Kier alpha value is -1.78. The predicted molar refractivity (Wildman–Crippen MR) is 89.8 cm³/mol. The first-order valence-corrected chi connectivity index (χ1v) is 8.13. The lowest BCUT2D eigenvalue weighted by atomic mass is 9.85. The Balaban J connectivity index is 3.30. The molecule has 1 saturated heterocycles. The molecule has 1 aliphatic rings. The number of ether oxygens (including phenoxy) is 2. The zero-order valence-corrected chi connectivity index (χ0v) is 14.8. The highest BCUT2D eigenvalue weighted by Crippen LogP contribution is 2.43. The van der Waals surface area contributed by atoms with Gasteiger partial charge >= 0.3 is 12.1 Å². The zero-order valence-electron chi connectivity index (χ0n) is 14.8. The summed E-state index contributed by atoms with van der Waals surface area (Å²) in [6.45, 7) is 15.2. The lowest BCUT2D eigenvalue weighted by Gasteiger charge is -2.38. The van der Waals surface area contributed by atoms with Gasteiger partial charge in [-0.15, -0.1) is 6.58 Å². The summed E-state index contributed by atoms with van der Waals surface area (Å²) >= 11 is 0. The molecule has 1 heterocycles. The number of carbonyl (C=O) groups excluding carboxylic acids is 2. The van der Waals surface area contributed by atoms with E-state index in [1.807, 2.05) is 27.7 Å². The van der Waals surface area contributed by atoms with E-state index in [-0.39, 0.29) is 12.6 Å². The summed E-state index contributed by atoms with van der Waals surface area (Å²) in [4.78, 5) is 26.8. The average molecular weight is 323 g/mol. The van der Waals surface area contributed by atoms with E-state index in [1.165, 1.54) is 11.0 Å². The molecule has 0 aromatic carbocycles. The first-order valence-electron chi connectivity index (χ1n) is 8.13. The van der Waals surface area contributed by atoms with Crippen molar-refractivity contribution in [3.05, 3.63) is 25.3 Å². The third-order valence-corrected chi connectivity index (χ3v) is 3.98. The third-order valence-electron chi connectivity index (χ3n) is 3.98. The Morgan fingerprint density at radius 1 is 1.39 bits per heavy atom. The Morgan fingerprint density at radius 3 is 2.52 bits per heavy atom. The maximum Gasteiger partial charge on any atom is 0.413 e. The van der Waals surface area contributed by atoms with E-state index in [0.717, 1.165) is 12.8 Å². The summed E-state index contributed by atoms with van der Waals surface area (Å²) in [5.41, 5.74) is -1.45. The quantitative estimate of drug-likeness (QED) is 0.524. The van der Waals surface area contributed by atoms with Crippen LogP contribution >= 0.6 is 0 Å². The van der Waals surface area contributed by atoms with Crippen molar-refractivity contribution in [1.29, 1.82) is 0 Å². The van der Waals surface area contributed by atoms with E-state index in [9.17, 15) is 9.59 Å². The highest BCUT2D eigenvalue weighted by atomic mass is 16.6. The van der Waals surface area contributed by atoms with Gasteiger partial charge in [0.2, 0.25) is 0 Å². The van der Waals surface area contributed by atoms with Crippen molar-refractivity contribution < 1.29 is 19.1 Å². The van der Waals surface area contributed by atoms with Crippen molar-refractivity contribution in [2.45, 2.75) is 65.1 Å². The van der Waals surface area contributed by atoms with Crippen molar-refractivity contribution in [1.82, 2.24) is 4.90 Å². The Labute approximate surface area is 139 Å². The van der Waals surface area contributed by atoms with Gasteiger partial charge in [-0.25, -0.2) is 9.59 Å². The first kappa shape index (κ1) is 19.3. The molecule has 130 valence electrons. The number of amides is 1. The second-order valence-electron chi connectivity index (χ2n) is 6.99. The van der Waals surface area contributed by atoms with E-state index in [4.69, 9.17) is 9.47 Å². The van der Waals surface area contributed by atoms with Crippen LogP contribution in [0.3, 0.4) is 0 Å². The van der Waals surface area contributed by atoms with Gasteiger partial charge in [0.15, 0.2) is 11.8 Å². The standard InChI is InChI=1S/C18H29NO4/c1-7-10-12-18(11-8-2)15(20)23-14(17(4,5)6)19(18)16(21)22-13-9-3/h8-9,14H,2-3,7,10-13H2,1,4-6H3/t14-,18-/m0/s1. The maximum absolute atomic E-state index is 12.7. The van der Waals surface area contributed by atoms with Crippen molar-refractivity contribution in [3.63, 3.8) is 0 Å². The van der Waals surface area contributed by atoms with Gasteiger partial charge in [-0.3, -0.25) is 4.90 Å². The second-order valence-corrected chi connectivity index (χ2v) is 6.99. The molecule has 0 radical (unpaired) electrons. The van der Waals surface area contributed by atoms with Gasteiger partial charge in [0.05, 0.1) is 0 Å². The minimum Gasteiger partial charge on any atom is -0.445 e. The summed E-state index contributed by atoms with van der Waals surface area (Å²) in [5.74, 6) is -0.374. The summed E-state index contributed by atoms with van der Waals surface area (Å²) in [5, 5.41) is 0. The Kier molecular flexibility index (Phi) is 6.42. The highest BCUT2D eigenvalue weighted by Gasteiger charge is 2.59. The molecule has 0 bridgehead atoms. The topological polar surface area (TPSA) is 55.8 Å². The van der Waals surface area contributed by atoms with E-state index >= 15 is 0 Å². The monoisotopic (exact) mass is 323 g/mol. The maximum atomic E-state index is 12.7. The van der Waals surface area contributed by atoms with Crippen LogP contribution in [0.25, 0.3) is 0 Å². The summed E-state index contributed by atoms with van der Waals surface area (Å²) in [7, 11) is 0. The Morgan fingerprint density at radius 2 is 2.04 bits per heavy atom. The largest absolute Gasteiger partial charge is 0.445 e. The van der Waals surface area contributed by atoms with Crippen LogP contribution in [-0.2, 0) is 14.3 Å². The molecular weight excluding hydrogens is 294 g/mol. The first-order chi connectivity index (χ1) is 10.7. The molecule has 0 N–H and O–H groups in total. The third kappa shape index (κ3) is 3.95. The average Bonchev–Trinajstić information content (AvgIpc) is 2.76. The number of cyclic esters (lactones) is 1. The van der Waals surface area contributed by atoms with E-state index in [0.29, 0.717) is 12.8 Å². The molecule has 5 nitrogen and oxygen atoms in total. The van der Waals surface area contributed by atoms with E-state index in [1.54, 1.807) is 6.08 Å². The molecule has 0 unspecified atom stereocenters. The molecule has 1 fully saturated rings. The molecule has 0 aromatic rings. The Bertz CT molecular complexity index is 466. The van der Waals surface area contributed by atoms with Gasteiger partial charge in [-0.2, -0.15) is 0 Å². The van der Waals surface area contributed by atoms with Crippen LogP contribution in [0.4, 0.5) is 4.79 Å². The van der Waals surface area contributed by atoms with Crippen molar-refractivity contribution >= 4 is 12.1 Å². The van der Waals surface area contributed by atoms with Crippen LogP contribution < -0.4 is 0 Å². The molecule has 0 aliphatic carbocycles. The lowest BCUT2D eigenvalue weighted by molar-refractivity contribution is -0.149. The number of rotatable bonds is 7. The van der Waals surface area contributed by atoms with Crippen LogP contribution in [0.2, 0.25) is 0 Å². The SMILES string of the molecule is C=CCOC(=O)N1[C@H](C(C)(C)C)OC(=O)[C@]1(CC=C)CCCC. The molecule has 23 heavy (non-hydrogen) atoms. The van der Waals surface area contributed by atoms with E-state index in [2.05, 4.69) is 13.2 Å². The van der Waals surface area contributed by atoms with Crippen LogP contribution in [0, 0.1) is 5.41 Å². The lowest BCUT2D eigenvalue weighted by Crippen LogP contribution is -2.56. The van der Waals surface area contributed by atoms with Gasteiger partial charge in [0.1, 0.15) is 6.61 Å². The number of carbonyl (C=O) groups is 2. The molecule has 1 amide bonds. The minimum absolute atomic E-state index is 0.0956. The van der Waals surface area contributed by atoms with Gasteiger partial charge in [-0.05, 0) is 12.8 Å². The highest BCUT2D eigenvalue weighted by molar-refractivity contribution is 5.89. The van der Waals surface area contributed by atoms with Gasteiger partial charge in [0.25, 0.3) is 0 Å². The fourth-order valence-corrected chi connectivity index (χ4v) is 2.84. The number of hydrogen-bond acceptors (Lipinski definition) is 4. The van der Waals surface area contributed by atoms with Crippen molar-refractivity contribution in [2.75, 3.05) is 6.61 Å². The fourth-order valence-electron chi connectivity index (χ4n) is 2.84. The molecule has 1 rings (SSSR count). The van der Waals surface area contributed by atoms with Crippen molar-refractivity contribution in [3.8, 4) is 0 Å². The molecule has 2 atom stereocenters. The summed E-state index contributed by atoms with van der Waals surface area (Å²) in [6, 6.07) is 0. The molecule has 0 aromatic heterocycles. The van der Waals surface area contributed by atoms with Gasteiger partial charge in [0, 0.05) is 5.41 Å². The van der Waals surface area contributed by atoms with E-state index < -0.39 is 23.3 Å². The molecule has 0 saturated carbocycles. The molecular formula is C18H29NO4. The van der Waals surface area contributed by atoms with Crippen LogP contribution in [-0.4, -0.2) is 35.3 Å².